The average molecular weight is 441 g/mol. The van der Waals surface area contributed by atoms with E-state index in [2.05, 4.69) is 12.1 Å². The normalized spacial score (nSPS) is 22.1. The molecule has 2 aliphatic rings. The minimum Gasteiger partial charge on any atom is -0.333 e. The summed E-state index contributed by atoms with van der Waals surface area (Å²) in [6.45, 7) is 1.14. The zero-order chi connectivity index (χ0) is 22.9. The Hall–Kier alpha value is -2.81. The van der Waals surface area contributed by atoms with Gasteiger partial charge in [-0.1, -0.05) is 24.3 Å². The molecule has 0 heterocycles. The van der Waals surface area contributed by atoms with Crippen molar-refractivity contribution in [2.24, 2.45) is 0 Å². The fourth-order valence-electron chi connectivity index (χ4n) is 4.78. The van der Waals surface area contributed by atoms with Crippen molar-refractivity contribution in [3.8, 4) is 6.07 Å². The van der Waals surface area contributed by atoms with Crippen molar-refractivity contribution in [2.45, 2.75) is 75.5 Å². The van der Waals surface area contributed by atoms with Gasteiger partial charge in [0, 0.05) is 17.6 Å². The van der Waals surface area contributed by atoms with E-state index >= 15 is 0 Å². The van der Waals surface area contributed by atoms with Crippen molar-refractivity contribution in [1.29, 1.82) is 5.26 Å². The molecule has 0 spiro atoms. The van der Waals surface area contributed by atoms with Crippen molar-refractivity contribution < 1.29 is 18.0 Å². The van der Waals surface area contributed by atoms with Gasteiger partial charge in [0.2, 0.25) is 0 Å². The highest BCUT2D eigenvalue weighted by molar-refractivity contribution is 5.95. The van der Waals surface area contributed by atoms with E-state index in [9.17, 15) is 18.0 Å². The smallest absolute Gasteiger partial charge is 0.333 e. The fraction of sp³-hybridized carbons (Fsp3) is 0.462. The molecule has 0 saturated heterocycles. The van der Waals surface area contributed by atoms with Crippen LogP contribution in [0, 0.1) is 11.3 Å². The molecular weight excluding hydrogens is 413 g/mol. The van der Waals surface area contributed by atoms with E-state index < -0.39 is 12.1 Å². The van der Waals surface area contributed by atoms with Crippen molar-refractivity contribution in [1.82, 2.24) is 4.90 Å². The zero-order valence-electron chi connectivity index (χ0n) is 18.1. The third-order valence-electron chi connectivity index (χ3n) is 6.90. The summed E-state index contributed by atoms with van der Waals surface area (Å²) >= 11 is 0. The van der Waals surface area contributed by atoms with Gasteiger partial charge in [0.15, 0.2) is 0 Å². The summed E-state index contributed by atoms with van der Waals surface area (Å²) in [6.07, 6.45) is 1.38. The fourth-order valence-corrected chi connectivity index (χ4v) is 4.78. The van der Waals surface area contributed by atoms with Gasteiger partial charge in [-0.25, -0.2) is 0 Å². The van der Waals surface area contributed by atoms with Gasteiger partial charge in [-0.3, -0.25) is 4.79 Å². The molecule has 6 heteroatoms. The highest BCUT2D eigenvalue weighted by Gasteiger charge is 2.40. The number of benzene rings is 2. The van der Waals surface area contributed by atoms with E-state index in [1.54, 1.807) is 0 Å². The van der Waals surface area contributed by atoms with E-state index in [1.807, 2.05) is 23.1 Å². The van der Waals surface area contributed by atoms with Crippen molar-refractivity contribution in [3.63, 3.8) is 0 Å². The molecule has 2 aromatic carbocycles. The Balaban J connectivity index is 1.44. The molecule has 0 bridgehead atoms. The lowest BCUT2D eigenvalue weighted by Gasteiger charge is -2.37. The van der Waals surface area contributed by atoms with Crippen LogP contribution in [0.25, 0.3) is 0 Å². The molecule has 2 fully saturated rings. The molecule has 3 nitrogen and oxygen atoms in total. The quantitative estimate of drug-likeness (QED) is 0.529. The summed E-state index contributed by atoms with van der Waals surface area (Å²) < 4.78 is 39.0. The lowest BCUT2D eigenvalue weighted by Crippen LogP contribution is -2.43. The number of hydrogen-bond donors (Lipinski definition) is 0. The van der Waals surface area contributed by atoms with Crippen LogP contribution in [0.1, 0.15) is 84.3 Å². The van der Waals surface area contributed by atoms with Crippen LogP contribution in [0.2, 0.25) is 0 Å². The van der Waals surface area contributed by atoms with Gasteiger partial charge in [-0.15, -0.1) is 0 Å². The first-order chi connectivity index (χ1) is 15.3. The zero-order valence-corrected chi connectivity index (χ0v) is 18.1. The third kappa shape index (κ3) is 4.82. The minimum absolute atomic E-state index is 0.0753. The molecule has 4 rings (SSSR count). The van der Waals surface area contributed by atoms with Crippen LogP contribution in [-0.2, 0) is 0 Å². The molecule has 0 aliphatic heterocycles. The molecule has 168 valence electrons. The second kappa shape index (κ2) is 8.97. The number of carbonyl (C=O) groups excluding carboxylic acids is 1. The van der Waals surface area contributed by atoms with Crippen LogP contribution in [0.3, 0.4) is 0 Å². The van der Waals surface area contributed by atoms with E-state index in [0.29, 0.717) is 17.0 Å². The molecule has 2 saturated carbocycles. The van der Waals surface area contributed by atoms with Crippen LogP contribution >= 0.6 is 0 Å². The minimum atomic E-state index is -4.29. The standard InChI is InChI=1S/C26H27F3N2O/c1-17(26(27,28)29)19-5-7-21(8-6-19)25(32)31(24-13-14-24)23-11-9-20(10-12-23)22-4-2-3-18(15-22)16-30/h2-8,15,17,20,23-24H,9-14H2,1H3. The van der Waals surface area contributed by atoms with E-state index in [-0.39, 0.29) is 23.6 Å². The summed E-state index contributed by atoms with van der Waals surface area (Å²) in [5.74, 6) is -1.24. The summed E-state index contributed by atoms with van der Waals surface area (Å²) in [5, 5.41) is 9.15. The summed E-state index contributed by atoms with van der Waals surface area (Å²) in [7, 11) is 0. The Bertz CT molecular complexity index is 997. The number of nitriles is 1. The molecule has 0 N–H and O–H groups in total. The maximum Gasteiger partial charge on any atom is 0.395 e. The first-order valence-corrected chi connectivity index (χ1v) is 11.3. The predicted molar refractivity (Wildman–Crippen MR) is 116 cm³/mol. The number of nitrogens with zero attached hydrogens (tertiary/aromatic N) is 2. The van der Waals surface area contributed by atoms with Gasteiger partial charge in [0.1, 0.15) is 0 Å². The summed E-state index contributed by atoms with van der Waals surface area (Å²) in [6, 6.07) is 16.3. The molecule has 1 amide bonds. The highest BCUT2D eigenvalue weighted by Crippen LogP contribution is 2.40. The van der Waals surface area contributed by atoms with Crippen molar-refractivity contribution in [3.05, 3.63) is 70.8 Å². The topological polar surface area (TPSA) is 44.1 Å². The van der Waals surface area contributed by atoms with Gasteiger partial charge in [-0.05, 0) is 86.8 Å². The van der Waals surface area contributed by atoms with Crippen LogP contribution in [0.4, 0.5) is 13.2 Å². The van der Waals surface area contributed by atoms with Crippen molar-refractivity contribution >= 4 is 5.91 Å². The number of halogens is 3. The Kier molecular flexibility index (Phi) is 6.28. The van der Waals surface area contributed by atoms with Crippen LogP contribution in [0.5, 0.6) is 0 Å². The van der Waals surface area contributed by atoms with Crippen LogP contribution in [-0.4, -0.2) is 29.1 Å². The lowest BCUT2D eigenvalue weighted by molar-refractivity contribution is -0.146. The number of carbonyl (C=O) groups is 1. The number of hydrogen-bond acceptors (Lipinski definition) is 2. The maximum atomic E-state index is 13.3. The molecule has 2 aromatic rings. The number of alkyl halides is 3. The first-order valence-electron chi connectivity index (χ1n) is 11.3. The number of rotatable bonds is 5. The lowest BCUT2D eigenvalue weighted by atomic mass is 9.80. The van der Waals surface area contributed by atoms with E-state index in [4.69, 9.17) is 5.26 Å². The monoisotopic (exact) mass is 440 g/mol. The maximum absolute atomic E-state index is 13.3. The second-order valence-electron chi connectivity index (χ2n) is 9.07. The Labute approximate surface area is 186 Å². The molecule has 2 aliphatic carbocycles. The molecule has 1 unspecified atom stereocenters. The third-order valence-corrected chi connectivity index (χ3v) is 6.90. The van der Waals surface area contributed by atoms with Gasteiger partial charge in [-0.2, -0.15) is 18.4 Å². The van der Waals surface area contributed by atoms with Gasteiger partial charge < -0.3 is 4.90 Å². The molecule has 32 heavy (non-hydrogen) atoms. The molecule has 0 radical (unpaired) electrons. The average Bonchev–Trinajstić information content (AvgIpc) is 3.64. The SMILES string of the molecule is CC(c1ccc(C(=O)N(C2CCC(c3cccc(C#N)c3)CC2)C2CC2)cc1)C(F)(F)F. The summed E-state index contributed by atoms with van der Waals surface area (Å²) in [5.41, 5.74) is 2.48. The Morgan fingerprint density at radius 2 is 1.59 bits per heavy atom. The van der Waals surface area contributed by atoms with Crippen LogP contribution in [0.15, 0.2) is 48.5 Å². The Morgan fingerprint density at radius 3 is 2.12 bits per heavy atom. The Morgan fingerprint density at radius 1 is 1.00 bits per heavy atom. The molecule has 0 aromatic heterocycles. The van der Waals surface area contributed by atoms with Crippen molar-refractivity contribution in [2.75, 3.05) is 0 Å². The van der Waals surface area contributed by atoms with E-state index in [1.165, 1.54) is 29.8 Å². The molecule has 1 atom stereocenters. The van der Waals surface area contributed by atoms with Gasteiger partial charge in [0.25, 0.3) is 5.91 Å². The number of amides is 1. The second-order valence-corrected chi connectivity index (χ2v) is 9.07. The predicted octanol–water partition coefficient (Wildman–Crippen LogP) is 6.56. The van der Waals surface area contributed by atoms with E-state index in [0.717, 1.165) is 45.4 Å². The first kappa shape index (κ1) is 22.4. The van der Waals surface area contributed by atoms with Crippen LogP contribution < -0.4 is 0 Å². The highest BCUT2D eigenvalue weighted by atomic mass is 19.4. The summed E-state index contributed by atoms with van der Waals surface area (Å²) in [4.78, 5) is 15.3. The van der Waals surface area contributed by atoms with Gasteiger partial charge >= 0.3 is 6.18 Å². The van der Waals surface area contributed by atoms with Gasteiger partial charge in [0.05, 0.1) is 17.6 Å². The largest absolute Gasteiger partial charge is 0.395 e. The molecular formula is C26H27F3N2O.